The van der Waals surface area contributed by atoms with E-state index in [1.807, 2.05) is 31.2 Å². The summed E-state index contributed by atoms with van der Waals surface area (Å²) >= 11 is 0. The number of carbonyl (C=O) groups excluding carboxylic acids is 1. The second-order valence-corrected chi connectivity index (χ2v) is 8.20. The van der Waals surface area contributed by atoms with Gasteiger partial charge in [-0.3, -0.25) is 9.48 Å². The molecule has 0 spiro atoms. The molecule has 0 radical (unpaired) electrons. The minimum Gasteiger partial charge on any atom is -0.467 e. The van der Waals surface area contributed by atoms with Gasteiger partial charge in [0, 0.05) is 24.8 Å². The van der Waals surface area contributed by atoms with Gasteiger partial charge in [-0.1, -0.05) is 29.8 Å². The van der Waals surface area contributed by atoms with Crippen LogP contribution in [0.4, 0.5) is 24.8 Å². The molecule has 1 amide bonds. The van der Waals surface area contributed by atoms with Crippen LogP contribution in [0.1, 0.15) is 45.9 Å². The van der Waals surface area contributed by atoms with Crippen LogP contribution in [0, 0.1) is 6.92 Å². The molecule has 2 N–H and O–H groups in total. The van der Waals surface area contributed by atoms with Crippen molar-refractivity contribution in [3.8, 4) is 0 Å². The molecule has 0 unspecified atom stereocenters. The summed E-state index contributed by atoms with van der Waals surface area (Å²) in [6.45, 7) is 2.52. The quantitative estimate of drug-likeness (QED) is 0.431. The Morgan fingerprint density at radius 2 is 2.00 bits per heavy atom. The number of benzene rings is 1. The Hall–Kier alpha value is -4.02. The molecular weight excluding hydrogens is 449 g/mol. The lowest BCUT2D eigenvalue weighted by Gasteiger charge is -2.32. The molecule has 3 aromatic heterocycles. The molecule has 1 aliphatic rings. The lowest BCUT2D eigenvalue weighted by Crippen LogP contribution is -2.35. The number of fused-ring (bicyclic) bond motifs is 1. The zero-order chi connectivity index (χ0) is 23.9. The van der Waals surface area contributed by atoms with E-state index in [0.29, 0.717) is 12.3 Å². The number of rotatable bonds is 5. The number of hydrogen-bond donors (Lipinski definition) is 2. The molecule has 4 heterocycles. The summed E-state index contributed by atoms with van der Waals surface area (Å²) in [6.07, 6.45) is -1.74. The summed E-state index contributed by atoms with van der Waals surface area (Å²) in [5, 5.41) is 13.9. The number of nitrogens with zero attached hydrogens (tertiary/aromatic N) is 4. The van der Waals surface area contributed by atoms with Crippen molar-refractivity contribution in [3.05, 3.63) is 83.6 Å². The molecule has 0 saturated heterocycles. The van der Waals surface area contributed by atoms with Crippen LogP contribution in [0.2, 0.25) is 0 Å². The molecule has 5 rings (SSSR count). The normalized spacial score (nSPS) is 17.8. The fraction of sp³-hybridized carbons (Fsp3) is 0.261. The fourth-order valence-corrected chi connectivity index (χ4v) is 3.94. The lowest BCUT2D eigenvalue weighted by atomic mass is 10.0. The van der Waals surface area contributed by atoms with Crippen molar-refractivity contribution in [2.45, 2.75) is 38.1 Å². The van der Waals surface area contributed by atoms with Crippen LogP contribution in [-0.4, -0.2) is 31.6 Å². The molecular formula is C23H21F3N6O2. The van der Waals surface area contributed by atoms with E-state index >= 15 is 0 Å². The Labute approximate surface area is 192 Å². The zero-order valence-electron chi connectivity index (χ0n) is 18.1. The van der Waals surface area contributed by atoms with Crippen LogP contribution in [0.5, 0.6) is 0 Å². The first kappa shape index (κ1) is 21.8. The number of nitrogens with one attached hydrogen (secondary N) is 2. The number of halogens is 3. The van der Waals surface area contributed by atoms with Gasteiger partial charge in [0.25, 0.3) is 5.91 Å². The third kappa shape index (κ3) is 4.41. The van der Waals surface area contributed by atoms with Crippen LogP contribution in [0.25, 0.3) is 0 Å². The largest absolute Gasteiger partial charge is 0.467 e. The van der Waals surface area contributed by atoms with Crippen LogP contribution in [-0.2, 0) is 6.54 Å². The second-order valence-electron chi connectivity index (χ2n) is 8.20. The summed E-state index contributed by atoms with van der Waals surface area (Å²) in [5.41, 5.74) is 2.05. The highest BCUT2D eigenvalue weighted by Gasteiger charge is 2.47. The van der Waals surface area contributed by atoms with Crippen molar-refractivity contribution in [2.75, 3.05) is 10.6 Å². The molecule has 8 nitrogen and oxygen atoms in total. The van der Waals surface area contributed by atoms with Gasteiger partial charge in [-0.05, 0) is 24.6 Å². The average molecular weight is 470 g/mol. The van der Waals surface area contributed by atoms with E-state index in [-0.39, 0.29) is 23.8 Å². The number of aromatic nitrogens is 4. The number of anilines is 2. The third-order valence-corrected chi connectivity index (χ3v) is 5.66. The predicted octanol–water partition coefficient (Wildman–Crippen LogP) is 4.94. The summed E-state index contributed by atoms with van der Waals surface area (Å²) in [7, 11) is 0. The molecule has 34 heavy (non-hydrogen) atoms. The van der Waals surface area contributed by atoms with Crippen LogP contribution >= 0.6 is 0 Å². The van der Waals surface area contributed by atoms with Crippen molar-refractivity contribution >= 4 is 17.5 Å². The molecule has 0 fully saturated rings. The van der Waals surface area contributed by atoms with Crippen molar-refractivity contribution in [1.82, 2.24) is 19.6 Å². The van der Waals surface area contributed by atoms with Crippen LogP contribution in [0.3, 0.4) is 0 Å². The highest BCUT2D eigenvalue weighted by atomic mass is 19.4. The number of alkyl halides is 3. The van der Waals surface area contributed by atoms with Crippen LogP contribution < -0.4 is 10.6 Å². The molecule has 4 aromatic rings. The third-order valence-electron chi connectivity index (χ3n) is 5.66. The van der Waals surface area contributed by atoms with E-state index in [2.05, 4.69) is 20.8 Å². The lowest BCUT2D eigenvalue weighted by molar-refractivity contribution is -0.174. The number of hydrogen-bond acceptors (Lipinski definition) is 5. The molecule has 1 aromatic carbocycles. The van der Waals surface area contributed by atoms with Gasteiger partial charge in [0.05, 0.1) is 18.8 Å². The van der Waals surface area contributed by atoms with Gasteiger partial charge in [-0.2, -0.15) is 23.4 Å². The van der Waals surface area contributed by atoms with Gasteiger partial charge in [0.15, 0.2) is 17.6 Å². The van der Waals surface area contributed by atoms with Gasteiger partial charge in [-0.15, -0.1) is 0 Å². The van der Waals surface area contributed by atoms with Gasteiger partial charge in [0.2, 0.25) is 0 Å². The Morgan fingerprint density at radius 1 is 1.21 bits per heavy atom. The molecule has 11 heteroatoms. The van der Waals surface area contributed by atoms with E-state index in [1.165, 1.54) is 12.3 Å². The van der Waals surface area contributed by atoms with E-state index < -0.39 is 24.2 Å². The Kier molecular flexibility index (Phi) is 5.39. The second kappa shape index (κ2) is 8.40. The maximum atomic E-state index is 13.8. The highest BCUT2D eigenvalue weighted by molar-refractivity contribution is 6.02. The van der Waals surface area contributed by atoms with Gasteiger partial charge >= 0.3 is 6.18 Å². The van der Waals surface area contributed by atoms with Gasteiger partial charge < -0.3 is 15.1 Å². The Bertz CT molecular complexity index is 1290. The van der Waals surface area contributed by atoms with Crippen molar-refractivity contribution < 1.29 is 22.4 Å². The Morgan fingerprint density at radius 3 is 2.71 bits per heavy atom. The van der Waals surface area contributed by atoms with Crippen molar-refractivity contribution in [2.24, 2.45) is 0 Å². The summed E-state index contributed by atoms with van der Waals surface area (Å²) in [6, 6.07) is 11.5. The number of amides is 1. The van der Waals surface area contributed by atoms with E-state index in [0.717, 1.165) is 15.8 Å². The number of furan rings is 1. The van der Waals surface area contributed by atoms with E-state index in [9.17, 15) is 18.0 Å². The van der Waals surface area contributed by atoms with Gasteiger partial charge in [-0.25, -0.2) is 4.68 Å². The predicted molar refractivity (Wildman–Crippen MR) is 117 cm³/mol. The maximum absolute atomic E-state index is 13.8. The fourth-order valence-electron chi connectivity index (χ4n) is 3.94. The summed E-state index contributed by atoms with van der Waals surface area (Å²) < 4.78 is 49.0. The van der Waals surface area contributed by atoms with E-state index in [1.54, 1.807) is 29.1 Å². The first-order valence-electron chi connectivity index (χ1n) is 10.6. The first-order chi connectivity index (χ1) is 16.3. The zero-order valence-corrected chi connectivity index (χ0v) is 18.1. The molecule has 0 aliphatic carbocycles. The number of carbonyl (C=O) groups is 1. The van der Waals surface area contributed by atoms with Gasteiger partial charge in [0.1, 0.15) is 11.6 Å². The highest BCUT2D eigenvalue weighted by Crippen LogP contribution is 2.43. The molecule has 0 saturated carbocycles. The smallest absolute Gasteiger partial charge is 0.410 e. The molecule has 176 valence electrons. The monoisotopic (exact) mass is 470 g/mol. The maximum Gasteiger partial charge on any atom is 0.410 e. The standard InChI is InChI=1S/C23H21F3N6O2/c1-14-4-6-15(7-5-14)13-31-9-8-20(30-31)28-22(33)17-12-21-27-16(18-3-2-10-34-18)11-19(23(24,25)26)32(21)29-17/h2-10,12,16,19,27H,11,13H2,1H3,(H,28,30,33)/t16-,19+/m0/s1. The Balaban J connectivity index is 1.33. The average Bonchev–Trinajstić information content (AvgIpc) is 3.54. The van der Waals surface area contributed by atoms with Crippen LogP contribution in [0.15, 0.2) is 65.4 Å². The topological polar surface area (TPSA) is 89.9 Å². The minimum absolute atomic E-state index is 0.0880. The first-order valence-corrected chi connectivity index (χ1v) is 10.6. The molecule has 0 bridgehead atoms. The number of aryl methyl sites for hydroxylation is 1. The van der Waals surface area contributed by atoms with Crippen molar-refractivity contribution in [3.63, 3.8) is 0 Å². The molecule has 1 aliphatic heterocycles. The minimum atomic E-state index is -4.55. The summed E-state index contributed by atoms with van der Waals surface area (Å²) in [5.74, 6) is 0.0912. The SMILES string of the molecule is Cc1ccc(Cn2ccc(NC(=O)c3cc4n(n3)[C@@H](C(F)(F)F)C[C@@H](c3ccco3)N4)n2)cc1. The molecule has 2 atom stereocenters. The van der Waals surface area contributed by atoms with E-state index in [4.69, 9.17) is 4.42 Å². The van der Waals surface area contributed by atoms with Crippen molar-refractivity contribution in [1.29, 1.82) is 0 Å². The summed E-state index contributed by atoms with van der Waals surface area (Å²) in [4.78, 5) is 12.7.